The number of alkyl halides is 3. The van der Waals surface area contributed by atoms with Crippen LogP contribution >= 0.6 is 11.6 Å². The molecule has 0 bridgehead atoms. The number of amides is 1. The zero-order valence-corrected chi connectivity index (χ0v) is 21.0. The molecule has 4 rings (SSSR count). The fraction of sp³-hybridized carbons (Fsp3) is 0.417. The Kier molecular flexibility index (Phi) is 7.76. The van der Waals surface area contributed by atoms with Crippen LogP contribution in [0.15, 0.2) is 35.3 Å². The Morgan fingerprint density at radius 1 is 1.27 bits per heavy atom. The van der Waals surface area contributed by atoms with Crippen molar-refractivity contribution in [3.05, 3.63) is 45.8 Å². The number of aromatic nitrogens is 3. The molecular formula is C24H26ClF3N6O3. The zero-order chi connectivity index (χ0) is 26.7. The molecule has 0 radical (unpaired) electrons. The van der Waals surface area contributed by atoms with Gasteiger partial charge in [-0.2, -0.15) is 4.98 Å². The van der Waals surface area contributed by atoms with Gasteiger partial charge in [0.25, 0.3) is 17.4 Å². The summed E-state index contributed by atoms with van der Waals surface area (Å²) in [5, 5.41) is 6.47. The molecule has 37 heavy (non-hydrogen) atoms. The minimum atomic E-state index is -3.33. The lowest BCUT2D eigenvalue weighted by Gasteiger charge is -2.35. The van der Waals surface area contributed by atoms with Gasteiger partial charge in [0.15, 0.2) is 24.8 Å². The highest BCUT2D eigenvalue weighted by Crippen LogP contribution is 2.35. The van der Waals surface area contributed by atoms with Crippen molar-refractivity contribution in [1.29, 1.82) is 0 Å². The number of nitrogens with one attached hydrogen (secondary N) is 2. The van der Waals surface area contributed by atoms with E-state index in [2.05, 4.69) is 20.6 Å². The van der Waals surface area contributed by atoms with Crippen LogP contribution < -0.4 is 25.8 Å². The van der Waals surface area contributed by atoms with Gasteiger partial charge in [-0.15, -0.1) is 0 Å². The standard InChI is InChI=1S/C24H26ClF3N6O3/c1-29-20(35)12-37-19-10-14-9-16(3-4-18(14)33(2)22(19)36)31-21-17(25)11-30-23(32-21)34-7-5-15(6-8-34)24(27,28)13-26/h3-4,9-11,15H,5-8,12-13H2,1-2H3,(H,29,35)(H,30,31,32). The van der Waals surface area contributed by atoms with Crippen LogP contribution in [0.5, 0.6) is 5.75 Å². The van der Waals surface area contributed by atoms with Crippen LogP contribution in [0.1, 0.15) is 12.8 Å². The van der Waals surface area contributed by atoms with Gasteiger partial charge in [0.05, 0.1) is 11.7 Å². The van der Waals surface area contributed by atoms with E-state index in [4.69, 9.17) is 16.3 Å². The Bertz CT molecular complexity index is 1360. The molecule has 0 saturated carbocycles. The monoisotopic (exact) mass is 538 g/mol. The number of halogens is 4. The zero-order valence-electron chi connectivity index (χ0n) is 20.2. The molecule has 0 unspecified atom stereocenters. The molecule has 13 heteroatoms. The Morgan fingerprint density at radius 2 is 2.00 bits per heavy atom. The molecule has 1 fully saturated rings. The van der Waals surface area contributed by atoms with Gasteiger partial charge in [-0.05, 0) is 37.1 Å². The third kappa shape index (κ3) is 5.74. The first-order valence-electron chi connectivity index (χ1n) is 11.6. The van der Waals surface area contributed by atoms with Crippen molar-refractivity contribution in [2.24, 2.45) is 13.0 Å². The Hall–Kier alpha value is -3.54. The molecular weight excluding hydrogens is 513 g/mol. The lowest BCUT2D eigenvalue weighted by Crippen LogP contribution is -2.42. The predicted octanol–water partition coefficient (Wildman–Crippen LogP) is 3.67. The lowest BCUT2D eigenvalue weighted by atomic mass is 9.91. The SMILES string of the molecule is CNC(=O)COc1cc2cc(Nc3nc(N4CCC(C(F)(F)CF)CC4)ncc3Cl)ccc2n(C)c1=O. The van der Waals surface area contributed by atoms with Crippen molar-refractivity contribution >= 4 is 45.9 Å². The number of anilines is 3. The Labute approximate surface area is 215 Å². The van der Waals surface area contributed by atoms with E-state index in [9.17, 15) is 22.8 Å². The van der Waals surface area contributed by atoms with E-state index in [1.54, 1.807) is 36.2 Å². The number of ether oxygens (including phenoxy) is 1. The lowest BCUT2D eigenvalue weighted by molar-refractivity contribution is -0.122. The van der Waals surface area contributed by atoms with Gasteiger partial charge in [0.2, 0.25) is 5.95 Å². The summed E-state index contributed by atoms with van der Waals surface area (Å²) in [5.74, 6) is -4.05. The van der Waals surface area contributed by atoms with E-state index >= 15 is 0 Å². The van der Waals surface area contributed by atoms with Crippen molar-refractivity contribution in [2.75, 3.05) is 43.6 Å². The highest BCUT2D eigenvalue weighted by atomic mass is 35.5. The molecule has 1 amide bonds. The summed E-state index contributed by atoms with van der Waals surface area (Å²) in [6.07, 6.45) is 1.67. The first kappa shape index (κ1) is 26.5. The predicted molar refractivity (Wildman–Crippen MR) is 135 cm³/mol. The minimum Gasteiger partial charge on any atom is -0.478 e. The average Bonchev–Trinajstić information content (AvgIpc) is 2.91. The van der Waals surface area contributed by atoms with E-state index in [0.717, 1.165) is 0 Å². The number of carbonyl (C=O) groups is 1. The normalized spacial score (nSPS) is 14.6. The van der Waals surface area contributed by atoms with Gasteiger partial charge in [0.1, 0.15) is 5.02 Å². The van der Waals surface area contributed by atoms with Crippen molar-refractivity contribution in [1.82, 2.24) is 19.9 Å². The van der Waals surface area contributed by atoms with Crippen LogP contribution in [0.25, 0.3) is 10.9 Å². The maximum Gasteiger partial charge on any atom is 0.293 e. The molecule has 1 saturated heterocycles. The molecule has 0 atom stereocenters. The number of benzene rings is 1. The molecule has 1 aliphatic rings. The highest BCUT2D eigenvalue weighted by molar-refractivity contribution is 6.32. The second-order valence-electron chi connectivity index (χ2n) is 8.76. The highest BCUT2D eigenvalue weighted by Gasteiger charge is 2.41. The maximum atomic E-state index is 13.7. The van der Waals surface area contributed by atoms with Gasteiger partial charge in [-0.1, -0.05) is 11.6 Å². The number of pyridine rings is 1. The summed E-state index contributed by atoms with van der Waals surface area (Å²) in [6.45, 7) is -1.42. The average molecular weight is 539 g/mol. The molecule has 9 nitrogen and oxygen atoms in total. The summed E-state index contributed by atoms with van der Waals surface area (Å²) in [6, 6.07) is 6.81. The number of likely N-dealkylation sites (N-methyl/N-ethyl adjacent to an activating group) is 1. The van der Waals surface area contributed by atoms with Crippen molar-refractivity contribution in [3.8, 4) is 5.75 Å². The van der Waals surface area contributed by atoms with E-state index in [0.29, 0.717) is 28.4 Å². The molecule has 1 aromatic carbocycles. The van der Waals surface area contributed by atoms with Gasteiger partial charge < -0.3 is 24.8 Å². The number of nitrogens with zero attached hydrogens (tertiary/aromatic N) is 4. The molecule has 2 aromatic heterocycles. The minimum absolute atomic E-state index is 0.0276. The Balaban J connectivity index is 1.55. The number of fused-ring (bicyclic) bond motifs is 1. The number of aryl methyl sites for hydroxylation is 1. The van der Waals surface area contributed by atoms with Crippen molar-refractivity contribution in [3.63, 3.8) is 0 Å². The summed E-state index contributed by atoms with van der Waals surface area (Å²) < 4.78 is 46.9. The first-order chi connectivity index (χ1) is 17.6. The van der Waals surface area contributed by atoms with Crippen LogP contribution in [0, 0.1) is 5.92 Å². The number of hydrogen-bond acceptors (Lipinski definition) is 7. The fourth-order valence-corrected chi connectivity index (χ4v) is 4.33. The maximum absolute atomic E-state index is 13.7. The fourth-order valence-electron chi connectivity index (χ4n) is 4.20. The molecule has 3 heterocycles. The second-order valence-corrected chi connectivity index (χ2v) is 9.16. The molecule has 1 aliphatic heterocycles. The van der Waals surface area contributed by atoms with Gasteiger partial charge in [-0.25, -0.2) is 18.2 Å². The van der Waals surface area contributed by atoms with Crippen molar-refractivity contribution in [2.45, 2.75) is 18.8 Å². The largest absolute Gasteiger partial charge is 0.478 e. The van der Waals surface area contributed by atoms with E-state index in [-0.39, 0.29) is 54.8 Å². The molecule has 0 aliphatic carbocycles. The van der Waals surface area contributed by atoms with Crippen LogP contribution in [-0.4, -0.2) is 59.8 Å². The van der Waals surface area contributed by atoms with Gasteiger partial charge in [0, 0.05) is 44.2 Å². The van der Waals surface area contributed by atoms with E-state index < -0.39 is 18.5 Å². The molecule has 3 aromatic rings. The first-order valence-corrected chi connectivity index (χ1v) is 12.0. The summed E-state index contributed by atoms with van der Waals surface area (Å²) in [4.78, 5) is 34.6. The summed E-state index contributed by atoms with van der Waals surface area (Å²) in [5.41, 5.74) is 0.871. The van der Waals surface area contributed by atoms with Gasteiger partial charge >= 0.3 is 0 Å². The number of carbonyl (C=O) groups excluding carboxylic acids is 1. The van der Waals surface area contributed by atoms with Crippen LogP contribution in [0.2, 0.25) is 5.02 Å². The second kappa shape index (κ2) is 10.8. The van der Waals surface area contributed by atoms with E-state index in [1.807, 2.05) is 0 Å². The molecule has 198 valence electrons. The number of piperidine rings is 1. The van der Waals surface area contributed by atoms with Crippen LogP contribution in [-0.2, 0) is 11.8 Å². The van der Waals surface area contributed by atoms with Crippen LogP contribution in [0.4, 0.5) is 30.6 Å². The van der Waals surface area contributed by atoms with Crippen molar-refractivity contribution < 1.29 is 22.7 Å². The smallest absolute Gasteiger partial charge is 0.293 e. The quantitative estimate of drug-likeness (QED) is 0.451. The summed E-state index contributed by atoms with van der Waals surface area (Å²) >= 11 is 6.31. The van der Waals surface area contributed by atoms with E-state index in [1.165, 1.54) is 17.8 Å². The Morgan fingerprint density at radius 3 is 2.68 bits per heavy atom. The van der Waals surface area contributed by atoms with Crippen LogP contribution in [0.3, 0.4) is 0 Å². The molecule has 2 N–H and O–H groups in total. The topological polar surface area (TPSA) is 101 Å². The third-order valence-corrected chi connectivity index (χ3v) is 6.65. The molecule has 0 spiro atoms. The number of hydrogen-bond donors (Lipinski definition) is 2. The summed E-state index contributed by atoms with van der Waals surface area (Å²) in [7, 11) is 3.07. The third-order valence-electron chi connectivity index (χ3n) is 6.38. The van der Waals surface area contributed by atoms with Gasteiger partial charge in [-0.3, -0.25) is 9.59 Å². The number of rotatable bonds is 8.